The summed E-state index contributed by atoms with van der Waals surface area (Å²) in [7, 11) is -4.22. The number of rotatable bonds is 16. The number of nitrogens with one attached hydrogen (secondary N) is 2. The van der Waals surface area contributed by atoms with Gasteiger partial charge in [0.05, 0.1) is 23.2 Å². The fraction of sp³-hybridized carbons (Fsp3) is 0.308. The van der Waals surface area contributed by atoms with Crippen LogP contribution in [-0.2, 0) is 19.4 Å². The fourth-order valence-electron chi connectivity index (χ4n) is 3.46. The van der Waals surface area contributed by atoms with E-state index in [0.717, 1.165) is 24.8 Å². The van der Waals surface area contributed by atoms with Gasteiger partial charge < -0.3 is 20.0 Å². The summed E-state index contributed by atoms with van der Waals surface area (Å²) in [6.45, 7) is 0.392. The van der Waals surface area contributed by atoms with Gasteiger partial charge in [-0.25, -0.2) is 13.9 Å². The normalized spacial score (nSPS) is 11.3. The van der Waals surface area contributed by atoms with E-state index in [0.29, 0.717) is 25.2 Å². The average Bonchev–Trinajstić information content (AvgIpc) is 3.35. The lowest BCUT2D eigenvalue weighted by Gasteiger charge is -2.06. The summed E-state index contributed by atoms with van der Waals surface area (Å²) in [5.41, 5.74) is 2.39. The summed E-state index contributed by atoms with van der Waals surface area (Å²) >= 11 is 0. The van der Waals surface area contributed by atoms with E-state index in [-0.39, 0.29) is 28.9 Å². The van der Waals surface area contributed by atoms with E-state index in [2.05, 4.69) is 15.1 Å². The molecule has 40 heavy (non-hydrogen) atoms. The Morgan fingerprint density at radius 1 is 1.00 bits per heavy atom. The molecule has 214 valence electrons. The molecule has 0 atom stereocenters. The van der Waals surface area contributed by atoms with Gasteiger partial charge in [0.25, 0.3) is 9.84 Å². The van der Waals surface area contributed by atoms with Crippen molar-refractivity contribution in [3.05, 3.63) is 71.4 Å². The molecule has 14 heteroatoms. The lowest BCUT2D eigenvalue weighted by molar-refractivity contribution is -0.832. The van der Waals surface area contributed by atoms with Gasteiger partial charge in [-0.05, 0) is 53.6 Å². The Balaban J connectivity index is 1.37. The molecule has 3 rings (SSSR count). The first-order valence-corrected chi connectivity index (χ1v) is 13.9. The number of amides is 2. The van der Waals surface area contributed by atoms with Crippen molar-refractivity contribution in [1.29, 1.82) is 0 Å². The second-order valence-electron chi connectivity index (χ2n) is 8.45. The molecule has 1 heterocycles. The van der Waals surface area contributed by atoms with Gasteiger partial charge in [0.2, 0.25) is 11.8 Å². The predicted octanol–water partition coefficient (Wildman–Crippen LogP) is 2.18. The van der Waals surface area contributed by atoms with Crippen LogP contribution in [0.2, 0.25) is 0 Å². The van der Waals surface area contributed by atoms with Crippen molar-refractivity contribution < 1.29 is 42.2 Å². The Hall–Kier alpha value is -4.43. The molecule has 0 radical (unpaired) electrons. The number of hydrogen-bond acceptors (Lipinski definition) is 10. The number of ether oxygens (including phenoxy) is 2. The monoisotopic (exact) mass is 574 g/mol. The van der Waals surface area contributed by atoms with Gasteiger partial charge in [0, 0.05) is 12.5 Å². The maximum absolute atomic E-state index is 12.7. The van der Waals surface area contributed by atoms with Crippen LogP contribution in [0.1, 0.15) is 37.7 Å². The van der Waals surface area contributed by atoms with E-state index >= 15 is 0 Å². The molecule has 0 fully saturated rings. The molecule has 0 saturated heterocycles. The maximum Gasteiger partial charge on any atom is 0.415 e. The van der Waals surface area contributed by atoms with Crippen molar-refractivity contribution in [2.45, 2.75) is 42.0 Å². The first-order valence-electron chi connectivity index (χ1n) is 12.5. The molecule has 0 saturated carbocycles. The number of aromatic nitrogens is 2. The highest BCUT2D eigenvalue weighted by Crippen LogP contribution is 2.24. The maximum atomic E-state index is 12.7. The van der Waals surface area contributed by atoms with Crippen LogP contribution in [0.3, 0.4) is 0 Å². The minimum atomic E-state index is -4.22. The van der Waals surface area contributed by atoms with Gasteiger partial charge in [0.15, 0.2) is 0 Å². The molecule has 3 N–H and O–H groups in total. The highest BCUT2D eigenvalue weighted by Gasteiger charge is 2.35. The largest absolute Gasteiger partial charge is 0.494 e. The van der Waals surface area contributed by atoms with Crippen molar-refractivity contribution >= 4 is 27.7 Å². The Labute approximate surface area is 230 Å². The molecule has 0 aliphatic rings. The highest BCUT2D eigenvalue weighted by atomic mass is 32.2. The van der Waals surface area contributed by atoms with Gasteiger partial charge >= 0.3 is 10.9 Å². The minimum absolute atomic E-state index is 0.0150. The molecule has 3 aromatic rings. The number of sulfone groups is 1. The summed E-state index contributed by atoms with van der Waals surface area (Å²) < 4.78 is 40.9. The van der Waals surface area contributed by atoms with Crippen molar-refractivity contribution in [2.24, 2.45) is 0 Å². The van der Waals surface area contributed by atoms with E-state index in [1.54, 1.807) is 41.9 Å². The van der Waals surface area contributed by atoms with Crippen LogP contribution in [0, 0.1) is 5.21 Å². The van der Waals surface area contributed by atoms with Crippen LogP contribution >= 0.6 is 0 Å². The fourth-order valence-corrected chi connectivity index (χ4v) is 4.75. The molecular weight excluding hydrogens is 544 g/mol. The van der Waals surface area contributed by atoms with Crippen LogP contribution in [0.4, 0.5) is 0 Å². The van der Waals surface area contributed by atoms with Crippen LogP contribution in [0.15, 0.2) is 75.2 Å². The molecule has 2 amide bonds. The zero-order chi connectivity index (χ0) is 28.8. The number of carbonyl (C=O) groups is 2. The summed E-state index contributed by atoms with van der Waals surface area (Å²) in [6, 6.07) is 14.5. The molecule has 0 aliphatic carbocycles. The molecule has 0 bridgehead atoms. The van der Waals surface area contributed by atoms with E-state index in [9.17, 15) is 23.2 Å². The first kappa shape index (κ1) is 30.1. The van der Waals surface area contributed by atoms with Crippen LogP contribution in [0.5, 0.6) is 11.6 Å². The number of hydrogen-bond donors (Lipinski definition) is 3. The number of carbonyl (C=O) groups excluding carboxylic acids is 2. The van der Waals surface area contributed by atoms with Gasteiger partial charge in [-0.1, -0.05) is 43.2 Å². The van der Waals surface area contributed by atoms with Crippen molar-refractivity contribution in [1.82, 2.24) is 16.0 Å². The van der Waals surface area contributed by atoms with Crippen LogP contribution in [0.25, 0.3) is 6.08 Å². The lowest BCUT2D eigenvalue weighted by atomic mass is 10.1. The zero-order valence-corrected chi connectivity index (χ0v) is 22.3. The third-order valence-corrected chi connectivity index (χ3v) is 7.22. The number of nitrogens with zero attached hydrogens (tertiary/aromatic N) is 2. The molecule has 1 aromatic heterocycles. The topological polar surface area (TPSA) is 184 Å². The number of hydroxylamine groups is 1. The second kappa shape index (κ2) is 15.2. The highest BCUT2D eigenvalue weighted by molar-refractivity contribution is 7.91. The van der Waals surface area contributed by atoms with Crippen LogP contribution in [-0.4, -0.2) is 50.4 Å². The summed E-state index contributed by atoms with van der Waals surface area (Å²) in [4.78, 5) is 22.7. The molecular formula is C26H30N4O9S. The van der Waals surface area contributed by atoms with Gasteiger partial charge in [0.1, 0.15) is 12.4 Å². The Morgan fingerprint density at radius 2 is 1.73 bits per heavy atom. The second-order valence-corrected chi connectivity index (χ2v) is 10.3. The number of benzene rings is 2. The molecule has 13 nitrogen and oxygen atoms in total. The minimum Gasteiger partial charge on any atom is -0.494 e. The molecule has 0 spiro atoms. The summed E-state index contributed by atoms with van der Waals surface area (Å²) in [6.07, 6.45) is 6.56. The number of unbranched alkanes of at least 4 members (excludes halogenated alkanes) is 3. The summed E-state index contributed by atoms with van der Waals surface area (Å²) in [5.74, 6) is -0.597. The van der Waals surface area contributed by atoms with Crippen molar-refractivity contribution in [3.63, 3.8) is 0 Å². The van der Waals surface area contributed by atoms with Gasteiger partial charge in [-0.3, -0.25) is 19.4 Å². The van der Waals surface area contributed by atoms with E-state index in [1.165, 1.54) is 30.3 Å². The quantitative estimate of drug-likeness (QED) is 0.0753. The Kier molecular flexibility index (Phi) is 11.5. The van der Waals surface area contributed by atoms with Gasteiger partial charge in [-0.2, -0.15) is 0 Å². The van der Waals surface area contributed by atoms with Crippen LogP contribution < -0.4 is 25.2 Å². The van der Waals surface area contributed by atoms with Crippen molar-refractivity contribution in [2.75, 3.05) is 19.8 Å². The lowest BCUT2D eigenvalue weighted by Crippen LogP contribution is -2.31. The molecule has 0 unspecified atom stereocenters. The molecule has 2 aromatic carbocycles. The summed E-state index contributed by atoms with van der Waals surface area (Å²) in [5, 5.41) is 25.5. The third-order valence-electron chi connectivity index (χ3n) is 5.49. The third kappa shape index (κ3) is 9.10. The van der Waals surface area contributed by atoms with Gasteiger partial charge in [-0.15, -0.1) is 0 Å². The van der Waals surface area contributed by atoms with E-state index < -0.39 is 26.7 Å². The van der Waals surface area contributed by atoms with E-state index in [1.807, 2.05) is 0 Å². The Morgan fingerprint density at radius 3 is 2.45 bits per heavy atom. The van der Waals surface area contributed by atoms with Crippen molar-refractivity contribution in [3.8, 4) is 11.6 Å². The SMILES string of the molecule is O=C(C=Cc1ccc(OCCCCCCC(=O)NO)cc1)NCCOc1no[n+]([O-])c1S(=O)(=O)c1ccccc1. The Bertz CT molecular complexity index is 1370. The smallest absolute Gasteiger partial charge is 0.415 e. The average molecular weight is 575 g/mol. The first-order chi connectivity index (χ1) is 19.3. The standard InChI is InChI=1S/C26H30N4O9S/c31-23(16-13-20-11-14-21(15-12-20)37-18-7-2-1-6-10-24(32)28-33)27-17-19-38-25-26(30(34)39-29-25)40(35,36)22-8-4-3-5-9-22/h3-5,8-9,11-16,33H,1-2,6-7,10,17-19H2,(H,27,31)(H,28,32). The van der Waals surface area contributed by atoms with E-state index in [4.69, 9.17) is 14.7 Å². The predicted molar refractivity (Wildman–Crippen MR) is 140 cm³/mol. The molecule has 0 aliphatic heterocycles. The zero-order valence-electron chi connectivity index (χ0n) is 21.5.